The number of furan rings is 1. The van der Waals surface area contributed by atoms with Gasteiger partial charge in [0.15, 0.2) is 0 Å². The van der Waals surface area contributed by atoms with Gasteiger partial charge < -0.3 is 4.42 Å². The third kappa shape index (κ3) is 4.09. The zero-order valence-electron chi connectivity index (χ0n) is 24.6. The Morgan fingerprint density at radius 1 is 0.244 bits per heavy atom. The Morgan fingerprint density at radius 2 is 0.578 bits per heavy atom. The molecule has 1 heterocycles. The van der Waals surface area contributed by atoms with Crippen molar-refractivity contribution in [1.82, 2.24) is 0 Å². The highest BCUT2D eigenvalue weighted by Gasteiger charge is 2.18. The summed E-state index contributed by atoms with van der Waals surface area (Å²) in [4.78, 5) is 0. The molecule has 0 N–H and O–H groups in total. The smallest absolute Gasteiger partial charge is 0.143 e. The first kappa shape index (κ1) is 25.6. The van der Waals surface area contributed by atoms with Gasteiger partial charge in [0.25, 0.3) is 0 Å². The Hall–Kier alpha value is -5.92. The number of hydrogen-bond acceptors (Lipinski definition) is 1. The lowest BCUT2D eigenvalue weighted by molar-refractivity contribution is 0.671. The largest absolute Gasteiger partial charge is 0.455 e. The quantitative estimate of drug-likeness (QED) is 0.191. The fourth-order valence-corrected chi connectivity index (χ4v) is 7.06. The minimum atomic E-state index is 0.923. The van der Waals surface area contributed by atoms with Crippen LogP contribution >= 0.6 is 0 Å². The molecule has 210 valence electrons. The molecule has 0 fully saturated rings. The molecule has 0 unspecified atom stereocenters. The highest BCUT2D eigenvalue weighted by atomic mass is 16.3. The molecule has 0 saturated carbocycles. The van der Waals surface area contributed by atoms with E-state index in [1.165, 1.54) is 43.8 Å². The van der Waals surface area contributed by atoms with E-state index in [9.17, 15) is 0 Å². The Morgan fingerprint density at radius 3 is 1.04 bits per heavy atom. The molecule has 0 aliphatic heterocycles. The average molecular weight is 573 g/mol. The van der Waals surface area contributed by atoms with Crippen molar-refractivity contribution < 1.29 is 4.42 Å². The fraction of sp³-hybridized carbons (Fsp3) is 0. The third-order valence-corrected chi connectivity index (χ3v) is 9.09. The lowest BCUT2D eigenvalue weighted by Crippen LogP contribution is -1.90. The van der Waals surface area contributed by atoms with Crippen molar-refractivity contribution in [2.75, 3.05) is 0 Å². The van der Waals surface area contributed by atoms with Gasteiger partial charge in [-0.25, -0.2) is 0 Å². The third-order valence-electron chi connectivity index (χ3n) is 9.09. The van der Waals surface area contributed by atoms with Gasteiger partial charge in [0.05, 0.1) is 0 Å². The topological polar surface area (TPSA) is 13.1 Å². The van der Waals surface area contributed by atoms with E-state index in [1.54, 1.807) is 0 Å². The van der Waals surface area contributed by atoms with Gasteiger partial charge in [0, 0.05) is 21.9 Å². The normalized spacial score (nSPS) is 11.6. The van der Waals surface area contributed by atoms with Crippen LogP contribution in [-0.2, 0) is 0 Å². The Labute approximate surface area is 261 Å². The van der Waals surface area contributed by atoms with Crippen LogP contribution in [0.3, 0.4) is 0 Å². The summed E-state index contributed by atoms with van der Waals surface area (Å²) in [7, 11) is 0. The standard InChI is InChI=1S/C44H28O/c1-3-13-29(14-4-1)33-21-11-23-39-40-24-12-22-34(44(40)45-43(33)39)30-25-27-32(28-26-30)42-37-19-9-7-17-35(37)41(31-15-5-2-6-16-31)36-18-8-10-20-38(36)42/h1-28H. The van der Waals surface area contributed by atoms with E-state index in [0.29, 0.717) is 0 Å². The van der Waals surface area contributed by atoms with Crippen LogP contribution in [0.5, 0.6) is 0 Å². The van der Waals surface area contributed by atoms with Gasteiger partial charge >= 0.3 is 0 Å². The first-order valence-electron chi connectivity index (χ1n) is 15.4. The van der Waals surface area contributed by atoms with Crippen molar-refractivity contribution in [3.63, 3.8) is 0 Å². The van der Waals surface area contributed by atoms with Crippen LogP contribution in [0.25, 0.3) is 88.0 Å². The van der Waals surface area contributed by atoms with Crippen molar-refractivity contribution in [3.05, 3.63) is 170 Å². The maximum atomic E-state index is 6.71. The highest BCUT2D eigenvalue weighted by Crippen LogP contribution is 2.44. The van der Waals surface area contributed by atoms with Crippen LogP contribution in [0.1, 0.15) is 0 Å². The maximum absolute atomic E-state index is 6.71. The second-order valence-electron chi connectivity index (χ2n) is 11.6. The minimum absolute atomic E-state index is 0.923. The molecule has 1 nitrogen and oxygen atoms in total. The van der Waals surface area contributed by atoms with Gasteiger partial charge in [-0.2, -0.15) is 0 Å². The Bertz CT molecular complexity index is 2450. The van der Waals surface area contributed by atoms with E-state index in [0.717, 1.165) is 44.2 Å². The van der Waals surface area contributed by atoms with Crippen molar-refractivity contribution in [1.29, 1.82) is 0 Å². The molecule has 45 heavy (non-hydrogen) atoms. The summed E-state index contributed by atoms with van der Waals surface area (Å²) in [5.41, 5.74) is 11.4. The van der Waals surface area contributed by atoms with Gasteiger partial charge in [0.1, 0.15) is 11.2 Å². The fourth-order valence-electron chi connectivity index (χ4n) is 7.06. The van der Waals surface area contributed by atoms with Crippen LogP contribution in [-0.4, -0.2) is 0 Å². The summed E-state index contributed by atoms with van der Waals surface area (Å²) in [6.45, 7) is 0. The predicted octanol–water partition coefficient (Wildman–Crippen LogP) is 12.6. The first-order chi connectivity index (χ1) is 22.3. The van der Waals surface area contributed by atoms with Crippen LogP contribution in [0.2, 0.25) is 0 Å². The molecule has 9 aromatic rings. The van der Waals surface area contributed by atoms with Crippen molar-refractivity contribution in [2.24, 2.45) is 0 Å². The summed E-state index contributed by atoms with van der Waals surface area (Å²) >= 11 is 0. The lowest BCUT2D eigenvalue weighted by atomic mass is 9.85. The van der Waals surface area contributed by atoms with E-state index in [2.05, 4.69) is 164 Å². The Kier molecular flexibility index (Phi) is 5.89. The van der Waals surface area contributed by atoms with E-state index < -0.39 is 0 Å². The van der Waals surface area contributed by atoms with Crippen molar-refractivity contribution in [3.8, 4) is 44.5 Å². The number of para-hydroxylation sites is 2. The average Bonchev–Trinajstić information content (AvgIpc) is 3.51. The zero-order valence-corrected chi connectivity index (χ0v) is 24.6. The highest BCUT2D eigenvalue weighted by molar-refractivity contribution is 6.21. The number of rotatable bonds is 4. The number of fused-ring (bicyclic) bond motifs is 5. The minimum Gasteiger partial charge on any atom is -0.455 e. The molecule has 0 spiro atoms. The van der Waals surface area contributed by atoms with Gasteiger partial charge in [-0.3, -0.25) is 0 Å². The van der Waals surface area contributed by atoms with Crippen molar-refractivity contribution in [2.45, 2.75) is 0 Å². The van der Waals surface area contributed by atoms with Gasteiger partial charge in [-0.05, 0) is 54.9 Å². The molecule has 9 rings (SSSR count). The molecule has 0 bridgehead atoms. The molecule has 0 atom stereocenters. The summed E-state index contributed by atoms with van der Waals surface area (Å²) in [5, 5.41) is 7.33. The van der Waals surface area contributed by atoms with Crippen molar-refractivity contribution >= 4 is 43.5 Å². The predicted molar refractivity (Wildman–Crippen MR) is 190 cm³/mol. The number of hydrogen-bond donors (Lipinski definition) is 0. The SMILES string of the molecule is c1ccc(-c2c3ccccc3c(-c3ccc(-c4cccc5c4oc4c(-c6ccccc6)cccc45)cc3)c3ccccc23)cc1. The van der Waals surface area contributed by atoms with Crippen LogP contribution in [0, 0.1) is 0 Å². The summed E-state index contributed by atoms with van der Waals surface area (Å²) < 4.78 is 6.71. The Balaban J connectivity index is 1.22. The van der Waals surface area contributed by atoms with E-state index >= 15 is 0 Å². The van der Waals surface area contributed by atoms with E-state index in [1.807, 2.05) is 6.07 Å². The van der Waals surface area contributed by atoms with Gasteiger partial charge in [-0.1, -0.05) is 170 Å². The molecule has 0 aliphatic rings. The molecule has 1 aromatic heterocycles. The first-order valence-corrected chi connectivity index (χ1v) is 15.4. The molecule has 0 aliphatic carbocycles. The van der Waals surface area contributed by atoms with E-state index in [-0.39, 0.29) is 0 Å². The molecule has 0 saturated heterocycles. The summed E-state index contributed by atoms with van der Waals surface area (Å²) in [6, 6.07) is 60.8. The van der Waals surface area contributed by atoms with Gasteiger partial charge in [-0.15, -0.1) is 0 Å². The molecule has 0 amide bonds. The second-order valence-corrected chi connectivity index (χ2v) is 11.6. The second kappa shape index (κ2) is 10.4. The molecular weight excluding hydrogens is 544 g/mol. The zero-order chi connectivity index (χ0) is 29.7. The monoisotopic (exact) mass is 572 g/mol. The summed E-state index contributed by atoms with van der Waals surface area (Å²) in [5.74, 6) is 0. The van der Waals surface area contributed by atoms with E-state index in [4.69, 9.17) is 4.42 Å². The summed E-state index contributed by atoms with van der Waals surface area (Å²) in [6.07, 6.45) is 0. The maximum Gasteiger partial charge on any atom is 0.143 e. The van der Waals surface area contributed by atoms with Crippen LogP contribution in [0.15, 0.2) is 174 Å². The number of benzene rings is 8. The lowest BCUT2D eigenvalue weighted by Gasteiger charge is -2.18. The van der Waals surface area contributed by atoms with Crippen LogP contribution < -0.4 is 0 Å². The molecular formula is C44H28O. The van der Waals surface area contributed by atoms with Gasteiger partial charge in [0.2, 0.25) is 0 Å². The molecule has 8 aromatic carbocycles. The molecule has 1 heteroatoms. The molecule has 0 radical (unpaired) electrons. The van der Waals surface area contributed by atoms with Crippen LogP contribution in [0.4, 0.5) is 0 Å².